The Morgan fingerprint density at radius 2 is 2.18 bits per heavy atom. The van der Waals surface area contributed by atoms with Crippen LogP contribution in [0.5, 0.6) is 0 Å². The molecule has 0 aromatic heterocycles. The SMILES string of the molecule is CCc1ccccc1NC(=O)C1C=CC(N)C1. The number of amides is 1. The van der Waals surface area contributed by atoms with Crippen LogP contribution in [0.15, 0.2) is 36.4 Å². The molecule has 3 nitrogen and oxygen atoms in total. The summed E-state index contributed by atoms with van der Waals surface area (Å²) >= 11 is 0. The van der Waals surface area contributed by atoms with E-state index in [1.807, 2.05) is 36.4 Å². The lowest BCUT2D eigenvalue weighted by Crippen LogP contribution is -2.24. The Bertz CT molecular complexity index is 440. The molecule has 0 bridgehead atoms. The number of hydrogen-bond donors (Lipinski definition) is 2. The van der Waals surface area contributed by atoms with Gasteiger partial charge in [0.15, 0.2) is 0 Å². The number of benzene rings is 1. The molecule has 1 aromatic rings. The molecule has 90 valence electrons. The number of rotatable bonds is 3. The minimum Gasteiger partial charge on any atom is -0.325 e. The monoisotopic (exact) mass is 230 g/mol. The van der Waals surface area contributed by atoms with Crippen LogP contribution in [-0.4, -0.2) is 11.9 Å². The quantitative estimate of drug-likeness (QED) is 0.781. The molecule has 3 heteroatoms. The molecule has 17 heavy (non-hydrogen) atoms. The summed E-state index contributed by atoms with van der Waals surface area (Å²) in [6.07, 6.45) is 5.42. The molecule has 1 aliphatic rings. The average molecular weight is 230 g/mol. The van der Waals surface area contributed by atoms with Gasteiger partial charge < -0.3 is 11.1 Å². The third-order valence-corrected chi connectivity index (χ3v) is 3.11. The van der Waals surface area contributed by atoms with Gasteiger partial charge >= 0.3 is 0 Å². The molecule has 1 aromatic carbocycles. The molecule has 2 unspecified atom stereocenters. The lowest BCUT2D eigenvalue weighted by Gasteiger charge is -2.13. The van der Waals surface area contributed by atoms with Crippen molar-refractivity contribution in [2.24, 2.45) is 11.7 Å². The first-order valence-electron chi connectivity index (χ1n) is 6.03. The molecule has 1 amide bonds. The second-order valence-corrected chi connectivity index (χ2v) is 4.39. The van der Waals surface area contributed by atoms with Crippen molar-refractivity contribution in [3.63, 3.8) is 0 Å². The van der Waals surface area contributed by atoms with E-state index in [0.717, 1.165) is 17.7 Å². The maximum Gasteiger partial charge on any atom is 0.231 e. The van der Waals surface area contributed by atoms with Crippen molar-refractivity contribution in [3.05, 3.63) is 42.0 Å². The van der Waals surface area contributed by atoms with E-state index in [9.17, 15) is 4.79 Å². The summed E-state index contributed by atoms with van der Waals surface area (Å²) in [5, 5.41) is 2.98. The highest BCUT2D eigenvalue weighted by atomic mass is 16.1. The summed E-state index contributed by atoms with van der Waals surface area (Å²) in [5.41, 5.74) is 7.82. The molecule has 0 fully saturated rings. The van der Waals surface area contributed by atoms with Gasteiger partial charge in [0.1, 0.15) is 0 Å². The van der Waals surface area contributed by atoms with Crippen molar-refractivity contribution in [3.8, 4) is 0 Å². The van der Waals surface area contributed by atoms with Gasteiger partial charge in [0.05, 0.1) is 5.92 Å². The number of para-hydroxylation sites is 1. The van der Waals surface area contributed by atoms with Gasteiger partial charge in [0, 0.05) is 11.7 Å². The van der Waals surface area contributed by atoms with E-state index in [-0.39, 0.29) is 17.9 Å². The number of anilines is 1. The van der Waals surface area contributed by atoms with Crippen LogP contribution in [-0.2, 0) is 11.2 Å². The van der Waals surface area contributed by atoms with E-state index >= 15 is 0 Å². The van der Waals surface area contributed by atoms with Crippen LogP contribution in [0.1, 0.15) is 18.9 Å². The molecule has 0 saturated carbocycles. The van der Waals surface area contributed by atoms with Crippen LogP contribution in [0.2, 0.25) is 0 Å². The molecule has 0 aliphatic heterocycles. The predicted molar refractivity (Wildman–Crippen MR) is 69.7 cm³/mol. The Balaban J connectivity index is 2.06. The summed E-state index contributed by atoms with van der Waals surface area (Å²) in [6, 6.07) is 7.92. The maximum atomic E-state index is 12.0. The molecule has 0 saturated heterocycles. The number of nitrogens with one attached hydrogen (secondary N) is 1. The fourth-order valence-electron chi connectivity index (χ4n) is 2.10. The Kier molecular flexibility index (Phi) is 3.59. The standard InChI is InChI=1S/C14H18N2O/c1-2-10-5-3-4-6-13(10)16-14(17)11-7-8-12(15)9-11/h3-8,11-12H,2,9,15H2,1H3,(H,16,17). The molecule has 1 aliphatic carbocycles. The van der Waals surface area contributed by atoms with E-state index < -0.39 is 0 Å². The van der Waals surface area contributed by atoms with Gasteiger partial charge in [-0.1, -0.05) is 37.3 Å². The van der Waals surface area contributed by atoms with Gasteiger partial charge in [-0.2, -0.15) is 0 Å². The fraction of sp³-hybridized carbons (Fsp3) is 0.357. The van der Waals surface area contributed by atoms with Crippen molar-refractivity contribution < 1.29 is 4.79 Å². The zero-order chi connectivity index (χ0) is 12.3. The van der Waals surface area contributed by atoms with E-state index in [0.29, 0.717) is 6.42 Å². The number of carbonyl (C=O) groups excluding carboxylic acids is 1. The number of aryl methyl sites for hydroxylation is 1. The summed E-state index contributed by atoms with van der Waals surface area (Å²) < 4.78 is 0. The van der Waals surface area contributed by atoms with Gasteiger partial charge in [0.25, 0.3) is 0 Å². The Morgan fingerprint density at radius 1 is 1.41 bits per heavy atom. The summed E-state index contributed by atoms with van der Waals surface area (Å²) in [6.45, 7) is 2.08. The highest BCUT2D eigenvalue weighted by Crippen LogP contribution is 2.21. The molecule has 0 radical (unpaired) electrons. The van der Waals surface area contributed by atoms with Crippen LogP contribution in [0.3, 0.4) is 0 Å². The maximum absolute atomic E-state index is 12.0. The van der Waals surface area contributed by atoms with Gasteiger partial charge in [0.2, 0.25) is 5.91 Å². The van der Waals surface area contributed by atoms with Crippen molar-refractivity contribution in [1.82, 2.24) is 0 Å². The van der Waals surface area contributed by atoms with Gasteiger partial charge in [-0.25, -0.2) is 0 Å². The van der Waals surface area contributed by atoms with Crippen molar-refractivity contribution in [2.75, 3.05) is 5.32 Å². The first kappa shape index (κ1) is 11.9. The van der Waals surface area contributed by atoms with E-state index in [4.69, 9.17) is 5.73 Å². The normalized spacial score (nSPS) is 22.7. The largest absolute Gasteiger partial charge is 0.325 e. The summed E-state index contributed by atoms with van der Waals surface area (Å²) in [7, 11) is 0. The molecule has 0 heterocycles. The fourth-order valence-corrected chi connectivity index (χ4v) is 2.10. The number of hydrogen-bond acceptors (Lipinski definition) is 2. The van der Waals surface area contributed by atoms with Crippen LogP contribution >= 0.6 is 0 Å². The number of carbonyl (C=O) groups is 1. The van der Waals surface area contributed by atoms with Crippen LogP contribution in [0.25, 0.3) is 0 Å². The Morgan fingerprint density at radius 3 is 2.82 bits per heavy atom. The number of nitrogens with two attached hydrogens (primary N) is 1. The predicted octanol–water partition coefficient (Wildman–Crippen LogP) is 2.09. The topological polar surface area (TPSA) is 55.1 Å². The highest BCUT2D eigenvalue weighted by molar-refractivity contribution is 5.94. The molecule has 3 N–H and O–H groups in total. The first-order chi connectivity index (χ1) is 8.20. The second-order valence-electron chi connectivity index (χ2n) is 4.39. The van der Waals surface area contributed by atoms with Crippen molar-refractivity contribution in [1.29, 1.82) is 0 Å². The van der Waals surface area contributed by atoms with Gasteiger partial charge in [-0.05, 0) is 24.5 Å². The molecular formula is C14H18N2O. The minimum absolute atomic E-state index is 0.0205. The third kappa shape index (κ3) is 2.74. The molecular weight excluding hydrogens is 212 g/mol. The molecule has 2 atom stereocenters. The highest BCUT2D eigenvalue weighted by Gasteiger charge is 2.22. The van der Waals surface area contributed by atoms with Crippen LogP contribution < -0.4 is 11.1 Å². The third-order valence-electron chi connectivity index (χ3n) is 3.11. The lowest BCUT2D eigenvalue weighted by atomic mass is 10.1. The lowest BCUT2D eigenvalue weighted by molar-refractivity contribution is -0.118. The van der Waals surface area contributed by atoms with Gasteiger partial charge in [-0.3, -0.25) is 4.79 Å². The first-order valence-corrected chi connectivity index (χ1v) is 6.03. The Hall–Kier alpha value is -1.61. The molecule has 2 rings (SSSR count). The zero-order valence-electron chi connectivity index (χ0n) is 10.0. The van der Waals surface area contributed by atoms with E-state index in [2.05, 4.69) is 12.2 Å². The second kappa shape index (κ2) is 5.15. The Labute approximate surface area is 102 Å². The smallest absolute Gasteiger partial charge is 0.231 e. The summed E-state index contributed by atoms with van der Waals surface area (Å²) in [5.74, 6) is -0.0509. The van der Waals surface area contributed by atoms with Crippen molar-refractivity contribution >= 4 is 11.6 Å². The van der Waals surface area contributed by atoms with Gasteiger partial charge in [-0.15, -0.1) is 0 Å². The van der Waals surface area contributed by atoms with Crippen LogP contribution in [0.4, 0.5) is 5.69 Å². The van der Waals surface area contributed by atoms with E-state index in [1.165, 1.54) is 0 Å². The average Bonchev–Trinajstić information content (AvgIpc) is 2.77. The van der Waals surface area contributed by atoms with E-state index in [1.54, 1.807) is 0 Å². The minimum atomic E-state index is -0.0880. The zero-order valence-corrected chi connectivity index (χ0v) is 10.0. The van der Waals surface area contributed by atoms with Crippen LogP contribution in [0, 0.1) is 5.92 Å². The van der Waals surface area contributed by atoms with Crippen molar-refractivity contribution in [2.45, 2.75) is 25.8 Å². The summed E-state index contributed by atoms with van der Waals surface area (Å²) in [4.78, 5) is 12.0. The molecule has 0 spiro atoms.